The molecule has 2 aromatic carbocycles. The number of carbonyl (C=O) groups excluding carboxylic acids is 1. The number of thiazole rings is 1. The van der Waals surface area contributed by atoms with Crippen LogP contribution in [0.1, 0.15) is 45.6 Å². The van der Waals surface area contributed by atoms with Crippen LogP contribution in [0.5, 0.6) is 0 Å². The Balaban J connectivity index is 1.24. The second-order valence-electron chi connectivity index (χ2n) is 9.63. The van der Waals surface area contributed by atoms with Gasteiger partial charge in [0.05, 0.1) is 47.4 Å². The normalized spacial score (nSPS) is 14.1. The van der Waals surface area contributed by atoms with E-state index in [2.05, 4.69) is 27.5 Å². The van der Waals surface area contributed by atoms with Crippen molar-refractivity contribution in [2.45, 2.75) is 38.5 Å². The first-order valence-electron chi connectivity index (χ1n) is 12.3. The number of carbonyl (C=O) groups is 1. The van der Waals surface area contributed by atoms with Gasteiger partial charge in [-0.25, -0.2) is 9.97 Å². The number of rotatable bonds is 8. The lowest BCUT2D eigenvalue weighted by Crippen LogP contribution is -2.35. The van der Waals surface area contributed by atoms with Gasteiger partial charge in [-0.1, -0.05) is 30.3 Å². The Bertz CT molecular complexity index is 1590. The van der Waals surface area contributed by atoms with Crippen molar-refractivity contribution in [2.75, 3.05) is 0 Å². The summed E-state index contributed by atoms with van der Waals surface area (Å²) in [4.78, 5) is 22.6. The van der Waals surface area contributed by atoms with Crippen molar-refractivity contribution in [1.29, 1.82) is 0 Å². The highest BCUT2D eigenvalue weighted by atomic mass is 32.1. The third-order valence-electron chi connectivity index (χ3n) is 6.87. The molecule has 0 unspecified atom stereocenters. The average molecular weight is 510 g/mol. The molecule has 1 saturated carbocycles. The second kappa shape index (κ2) is 9.53. The molecule has 186 valence electrons. The van der Waals surface area contributed by atoms with E-state index in [1.54, 1.807) is 21.5 Å². The summed E-state index contributed by atoms with van der Waals surface area (Å²) in [5, 5.41) is 10.7. The summed E-state index contributed by atoms with van der Waals surface area (Å²) in [7, 11) is 1.90. The molecule has 1 aliphatic rings. The molecular formula is C29H27N5O2S. The number of fused-ring (bicyclic) bond motifs is 1. The lowest BCUT2D eigenvalue weighted by Gasteiger charge is -2.21. The van der Waals surface area contributed by atoms with Crippen LogP contribution in [0.3, 0.4) is 0 Å². The molecule has 1 N–H and O–H groups in total. The minimum Gasteiger partial charge on any atom is -0.370 e. The molecule has 0 aliphatic heterocycles. The van der Waals surface area contributed by atoms with E-state index in [0.717, 1.165) is 57.4 Å². The molecule has 1 fully saturated rings. The number of aromatic nitrogens is 4. The highest BCUT2D eigenvalue weighted by Gasteiger charge is 2.47. The van der Waals surface area contributed by atoms with Gasteiger partial charge in [-0.05, 0) is 54.7 Å². The first-order chi connectivity index (χ1) is 18.0. The summed E-state index contributed by atoms with van der Waals surface area (Å²) in [5.41, 5.74) is 8.82. The lowest BCUT2D eigenvalue weighted by molar-refractivity contribution is 0.0929. The maximum atomic E-state index is 13.5. The van der Waals surface area contributed by atoms with Crippen molar-refractivity contribution >= 4 is 28.1 Å². The van der Waals surface area contributed by atoms with E-state index in [1.807, 2.05) is 68.1 Å². The van der Waals surface area contributed by atoms with Crippen LogP contribution < -0.4 is 5.32 Å². The summed E-state index contributed by atoms with van der Waals surface area (Å²) < 4.78 is 7.56. The SMILES string of the molecule is Cc1cc(COCc2cscn2)ccc1C(=O)NC1(c2cc(-c3cnn(C)c3)nc3ccccc23)CC1. The first kappa shape index (κ1) is 23.5. The fourth-order valence-electron chi connectivity index (χ4n) is 4.80. The van der Waals surface area contributed by atoms with Crippen LogP contribution in [0.25, 0.3) is 22.2 Å². The van der Waals surface area contributed by atoms with E-state index in [9.17, 15) is 4.79 Å². The maximum absolute atomic E-state index is 13.5. The van der Waals surface area contributed by atoms with E-state index in [1.165, 1.54) is 0 Å². The Labute approximate surface area is 219 Å². The predicted octanol–water partition coefficient (Wildman–Crippen LogP) is 5.54. The number of benzene rings is 2. The Morgan fingerprint density at radius 2 is 2.03 bits per heavy atom. The minimum absolute atomic E-state index is 0.0613. The molecule has 5 aromatic rings. The summed E-state index contributed by atoms with van der Waals surface area (Å²) >= 11 is 1.56. The molecular weight excluding hydrogens is 482 g/mol. The number of aryl methyl sites for hydroxylation is 2. The van der Waals surface area contributed by atoms with Crippen LogP contribution in [0.15, 0.2) is 71.8 Å². The molecule has 0 spiro atoms. The molecule has 8 heteroatoms. The standard InChI is InChI=1S/C29H27N5O2S/c1-19-11-20(15-36-16-22-17-37-18-30-22)7-8-23(19)28(35)33-29(9-10-29)25-12-27(21-13-31-34(2)14-21)32-26-6-4-3-5-24(25)26/h3-8,11-14,17-18H,9-10,15-16H2,1-2H3,(H,33,35). The average Bonchev–Trinajstić information content (AvgIpc) is 3.25. The Morgan fingerprint density at radius 1 is 1.16 bits per heavy atom. The van der Waals surface area contributed by atoms with Gasteiger partial charge in [-0.2, -0.15) is 5.10 Å². The number of nitrogens with one attached hydrogen (secondary N) is 1. The number of pyridine rings is 1. The van der Waals surface area contributed by atoms with Crippen LogP contribution in [0.2, 0.25) is 0 Å². The van der Waals surface area contributed by atoms with E-state index >= 15 is 0 Å². The fourth-order valence-corrected chi connectivity index (χ4v) is 5.34. The fraction of sp³-hybridized carbons (Fsp3) is 0.241. The van der Waals surface area contributed by atoms with E-state index < -0.39 is 5.54 Å². The summed E-state index contributed by atoms with van der Waals surface area (Å²) in [6.45, 7) is 2.93. The minimum atomic E-state index is -0.404. The van der Waals surface area contributed by atoms with Crippen LogP contribution in [-0.4, -0.2) is 25.7 Å². The molecule has 1 aliphatic carbocycles. The largest absolute Gasteiger partial charge is 0.370 e. The van der Waals surface area contributed by atoms with Gasteiger partial charge >= 0.3 is 0 Å². The first-order valence-corrected chi connectivity index (χ1v) is 13.2. The van der Waals surface area contributed by atoms with Crippen molar-refractivity contribution < 1.29 is 9.53 Å². The second-order valence-corrected chi connectivity index (χ2v) is 10.4. The van der Waals surface area contributed by atoms with Crippen molar-refractivity contribution in [3.63, 3.8) is 0 Å². The molecule has 3 aromatic heterocycles. The highest BCUT2D eigenvalue weighted by molar-refractivity contribution is 7.07. The molecule has 3 heterocycles. The molecule has 0 radical (unpaired) electrons. The van der Waals surface area contributed by atoms with Crippen molar-refractivity contribution in [3.8, 4) is 11.3 Å². The number of hydrogen-bond acceptors (Lipinski definition) is 6. The van der Waals surface area contributed by atoms with E-state index in [4.69, 9.17) is 9.72 Å². The molecule has 7 nitrogen and oxygen atoms in total. The van der Waals surface area contributed by atoms with Gasteiger partial charge in [0, 0.05) is 35.1 Å². The van der Waals surface area contributed by atoms with Crippen LogP contribution in [-0.2, 0) is 30.5 Å². The topological polar surface area (TPSA) is 81.9 Å². The molecule has 0 saturated heterocycles. The monoisotopic (exact) mass is 509 g/mol. The van der Waals surface area contributed by atoms with Crippen LogP contribution >= 0.6 is 11.3 Å². The van der Waals surface area contributed by atoms with Gasteiger partial charge in [0.1, 0.15) is 0 Å². The summed E-state index contributed by atoms with van der Waals surface area (Å²) in [5.74, 6) is -0.0613. The number of nitrogens with zero attached hydrogens (tertiary/aromatic N) is 4. The highest BCUT2D eigenvalue weighted by Crippen LogP contribution is 2.48. The van der Waals surface area contributed by atoms with Gasteiger partial charge in [0.15, 0.2) is 0 Å². The van der Waals surface area contributed by atoms with Gasteiger partial charge < -0.3 is 10.1 Å². The number of ether oxygens (including phenoxy) is 1. The van der Waals surface area contributed by atoms with Gasteiger partial charge in [0.25, 0.3) is 5.91 Å². The zero-order chi connectivity index (χ0) is 25.4. The third kappa shape index (κ3) is 4.77. The van der Waals surface area contributed by atoms with E-state index in [0.29, 0.717) is 18.8 Å². The predicted molar refractivity (Wildman–Crippen MR) is 144 cm³/mol. The van der Waals surface area contributed by atoms with Gasteiger partial charge in [0.2, 0.25) is 0 Å². The number of para-hydroxylation sites is 1. The quantitative estimate of drug-likeness (QED) is 0.297. The zero-order valence-electron chi connectivity index (χ0n) is 20.8. The molecule has 0 atom stereocenters. The van der Waals surface area contributed by atoms with Crippen LogP contribution in [0.4, 0.5) is 0 Å². The summed E-state index contributed by atoms with van der Waals surface area (Å²) in [6, 6.07) is 16.1. The molecule has 0 bridgehead atoms. The molecule has 1 amide bonds. The Morgan fingerprint density at radius 3 is 2.76 bits per heavy atom. The smallest absolute Gasteiger partial charge is 0.252 e. The summed E-state index contributed by atoms with van der Waals surface area (Å²) in [6.07, 6.45) is 5.57. The van der Waals surface area contributed by atoms with Crippen LogP contribution in [0, 0.1) is 6.92 Å². The lowest BCUT2D eigenvalue weighted by atomic mass is 9.96. The number of amides is 1. The molecule has 37 heavy (non-hydrogen) atoms. The maximum Gasteiger partial charge on any atom is 0.252 e. The molecule has 6 rings (SSSR count). The zero-order valence-corrected chi connectivity index (χ0v) is 21.6. The van der Waals surface area contributed by atoms with Crippen molar-refractivity contribution in [1.82, 2.24) is 25.1 Å². The third-order valence-corrected chi connectivity index (χ3v) is 7.51. The van der Waals surface area contributed by atoms with Gasteiger partial charge in [-0.3, -0.25) is 9.48 Å². The van der Waals surface area contributed by atoms with E-state index in [-0.39, 0.29) is 5.91 Å². The van der Waals surface area contributed by atoms with Gasteiger partial charge in [-0.15, -0.1) is 11.3 Å². The Hall–Kier alpha value is -3.88. The van der Waals surface area contributed by atoms with Crippen molar-refractivity contribution in [2.24, 2.45) is 7.05 Å². The van der Waals surface area contributed by atoms with Crippen molar-refractivity contribution in [3.05, 3.63) is 99.8 Å². The Kier molecular flexibility index (Phi) is 6.06. The number of hydrogen-bond donors (Lipinski definition) is 1.